The first-order chi connectivity index (χ1) is 12.2. The topological polar surface area (TPSA) is 85.1 Å². The Morgan fingerprint density at radius 1 is 0.920 bits per heavy atom. The monoisotopic (exact) mass is 355 g/mol. The molecule has 1 heterocycles. The summed E-state index contributed by atoms with van der Waals surface area (Å²) in [5, 5.41) is 7.01. The Kier molecular flexibility index (Phi) is 5.20. The lowest BCUT2D eigenvalue weighted by Crippen LogP contribution is -2.05. The summed E-state index contributed by atoms with van der Waals surface area (Å²) in [6, 6.07) is 14.9. The third-order valence-electron chi connectivity index (χ3n) is 3.42. The van der Waals surface area contributed by atoms with E-state index in [9.17, 15) is 0 Å². The van der Waals surface area contributed by atoms with Crippen LogP contribution in [0.2, 0.25) is 5.02 Å². The first kappa shape index (κ1) is 16.9. The average Bonchev–Trinajstić information content (AvgIpc) is 2.62. The molecule has 25 heavy (non-hydrogen) atoms. The van der Waals surface area contributed by atoms with E-state index in [1.165, 1.54) is 6.33 Å². The fourth-order valence-electron chi connectivity index (χ4n) is 2.20. The van der Waals surface area contributed by atoms with Crippen molar-refractivity contribution in [2.75, 3.05) is 23.0 Å². The summed E-state index contributed by atoms with van der Waals surface area (Å²) in [4.78, 5) is 8.41. The number of nitrogens with zero attached hydrogens (tertiary/aromatic N) is 2. The second-order valence-electron chi connectivity index (χ2n) is 5.20. The van der Waals surface area contributed by atoms with Crippen LogP contribution in [0.25, 0.3) is 0 Å². The number of nitrogens with two attached hydrogens (primary N) is 1. The molecule has 0 fully saturated rings. The molecule has 0 aliphatic rings. The van der Waals surface area contributed by atoms with Crippen LogP contribution in [0.4, 0.5) is 28.7 Å². The third kappa shape index (κ3) is 4.30. The van der Waals surface area contributed by atoms with Crippen LogP contribution in [-0.4, -0.2) is 16.6 Å². The molecule has 0 bridgehead atoms. The third-order valence-corrected chi connectivity index (χ3v) is 3.67. The van der Waals surface area contributed by atoms with Gasteiger partial charge >= 0.3 is 0 Å². The first-order valence-corrected chi connectivity index (χ1v) is 8.16. The van der Waals surface area contributed by atoms with Crippen LogP contribution in [-0.2, 0) is 0 Å². The van der Waals surface area contributed by atoms with Crippen molar-refractivity contribution in [1.82, 2.24) is 9.97 Å². The van der Waals surface area contributed by atoms with E-state index in [4.69, 9.17) is 22.1 Å². The summed E-state index contributed by atoms with van der Waals surface area (Å²) in [6.07, 6.45) is 1.45. The number of aromatic nitrogens is 2. The van der Waals surface area contributed by atoms with E-state index < -0.39 is 0 Å². The van der Waals surface area contributed by atoms with E-state index in [2.05, 4.69) is 20.6 Å². The highest BCUT2D eigenvalue weighted by molar-refractivity contribution is 6.30. The van der Waals surface area contributed by atoms with Crippen molar-refractivity contribution in [1.29, 1.82) is 0 Å². The number of benzene rings is 2. The molecule has 0 radical (unpaired) electrons. The molecule has 0 saturated heterocycles. The van der Waals surface area contributed by atoms with Crippen molar-refractivity contribution < 1.29 is 4.74 Å². The number of nitrogens with one attached hydrogen (secondary N) is 2. The van der Waals surface area contributed by atoms with Gasteiger partial charge in [0.1, 0.15) is 17.8 Å². The summed E-state index contributed by atoms with van der Waals surface area (Å²) in [5.41, 5.74) is 8.30. The molecule has 0 unspecified atom stereocenters. The fourth-order valence-corrected chi connectivity index (χ4v) is 2.33. The summed E-state index contributed by atoms with van der Waals surface area (Å²) in [5.74, 6) is 1.86. The van der Waals surface area contributed by atoms with E-state index in [1.54, 1.807) is 12.1 Å². The van der Waals surface area contributed by atoms with Crippen molar-refractivity contribution in [3.8, 4) is 5.75 Å². The van der Waals surface area contributed by atoms with Crippen LogP contribution in [0, 0.1) is 0 Å². The Labute approximate surface area is 151 Å². The standard InChI is InChI=1S/C18H18ClN5O/c1-2-25-15-9-7-14(8-10-15)24-18-16(20)17(21-11-22-18)23-13-5-3-12(19)4-6-13/h3-11H,2,20H2,1H3,(H2,21,22,23,24). The lowest BCUT2D eigenvalue weighted by atomic mass is 10.3. The molecule has 128 valence electrons. The zero-order valence-corrected chi connectivity index (χ0v) is 14.4. The molecule has 0 saturated carbocycles. The quantitative estimate of drug-likeness (QED) is 0.599. The van der Waals surface area contributed by atoms with Crippen molar-refractivity contribution in [2.24, 2.45) is 0 Å². The van der Waals surface area contributed by atoms with E-state index in [1.807, 2.05) is 43.3 Å². The lowest BCUT2D eigenvalue weighted by Gasteiger charge is -2.13. The molecular weight excluding hydrogens is 338 g/mol. The molecule has 3 aromatic rings. The van der Waals surface area contributed by atoms with Gasteiger partial charge in [-0.25, -0.2) is 9.97 Å². The molecule has 0 atom stereocenters. The predicted octanol–water partition coefficient (Wildman–Crippen LogP) is 4.60. The molecule has 1 aromatic heterocycles. The summed E-state index contributed by atoms with van der Waals surface area (Å²) >= 11 is 5.90. The number of anilines is 5. The van der Waals surface area contributed by atoms with Gasteiger partial charge in [0, 0.05) is 16.4 Å². The molecule has 2 aromatic carbocycles. The normalized spacial score (nSPS) is 10.3. The van der Waals surface area contributed by atoms with Gasteiger partial charge in [-0.05, 0) is 55.5 Å². The van der Waals surface area contributed by atoms with E-state index >= 15 is 0 Å². The summed E-state index contributed by atoms with van der Waals surface area (Å²) < 4.78 is 5.43. The van der Waals surface area contributed by atoms with Gasteiger partial charge in [0.25, 0.3) is 0 Å². The van der Waals surface area contributed by atoms with Gasteiger partial charge in [-0.15, -0.1) is 0 Å². The maximum Gasteiger partial charge on any atom is 0.159 e. The van der Waals surface area contributed by atoms with Crippen LogP contribution < -0.4 is 21.1 Å². The Bertz CT molecular complexity index is 837. The predicted molar refractivity (Wildman–Crippen MR) is 102 cm³/mol. The van der Waals surface area contributed by atoms with Gasteiger partial charge in [0.05, 0.1) is 6.61 Å². The molecule has 0 spiro atoms. The summed E-state index contributed by atoms with van der Waals surface area (Å²) in [7, 11) is 0. The van der Waals surface area contributed by atoms with Gasteiger partial charge < -0.3 is 21.1 Å². The molecule has 0 amide bonds. The van der Waals surface area contributed by atoms with Crippen molar-refractivity contribution in [3.05, 3.63) is 59.9 Å². The Morgan fingerprint density at radius 3 is 1.96 bits per heavy atom. The number of halogens is 1. The second-order valence-corrected chi connectivity index (χ2v) is 5.64. The minimum Gasteiger partial charge on any atom is -0.494 e. The minimum atomic E-state index is 0.423. The fraction of sp³-hybridized carbons (Fsp3) is 0.111. The highest BCUT2D eigenvalue weighted by atomic mass is 35.5. The smallest absolute Gasteiger partial charge is 0.159 e. The maximum absolute atomic E-state index is 6.19. The summed E-state index contributed by atoms with van der Waals surface area (Å²) in [6.45, 7) is 2.58. The van der Waals surface area contributed by atoms with Crippen LogP contribution in [0.1, 0.15) is 6.92 Å². The Balaban J connectivity index is 1.77. The van der Waals surface area contributed by atoms with Gasteiger partial charge in [0.15, 0.2) is 11.6 Å². The average molecular weight is 356 g/mol. The molecule has 6 nitrogen and oxygen atoms in total. The van der Waals surface area contributed by atoms with Crippen LogP contribution in [0.3, 0.4) is 0 Å². The van der Waals surface area contributed by atoms with Gasteiger partial charge in [-0.1, -0.05) is 11.6 Å². The van der Waals surface area contributed by atoms with Gasteiger partial charge in [-0.3, -0.25) is 0 Å². The number of hydrogen-bond acceptors (Lipinski definition) is 6. The van der Waals surface area contributed by atoms with Crippen molar-refractivity contribution in [3.63, 3.8) is 0 Å². The Morgan fingerprint density at radius 2 is 1.44 bits per heavy atom. The lowest BCUT2D eigenvalue weighted by molar-refractivity contribution is 0.340. The van der Waals surface area contributed by atoms with Crippen LogP contribution in [0.5, 0.6) is 5.75 Å². The second kappa shape index (κ2) is 7.72. The molecule has 0 aliphatic carbocycles. The van der Waals surface area contributed by atoms with Crippen molar-refractivity contribution >= 4 is 40.3 Å². The largest absolute Gasteiger partial charge is 0.494 e. The number of ether oxygens (including phenoxy) is 1. The van der Waals surface area contributed by atoms with Gasteiger partial charge in [0.2, 0.25) is 0 Å². The minimum absolute atomic E-state index is 0.423. The molecule has 7 heteroatoms. The zero-order valence-electron chi connectivity index (χ0n) is 13.7. The number of rotatable bonds is 6. The Hall–Kier alpha value is -2.99. The number of hydrogen-bond donors (Lipinski definition) is 3. The van der Waals surface area contributed by atoms with Crippen LogP contribution >= 0.6 is 11.6 Å². The highest BCUT2D eigenvalue weighted by Gasteiger charge is 2.09. The van der Waals surface area contributed by atoms with Crippen molar-refractivity contribution in [2.45, 2.75) is 6.92 Å². The van der Waals surface area contributed by atoms with Gasteiger partial charge in [-0.2, -0.15) is 0 Å². The maximum atomic E-state index is 6.19. The van der Waals surface area contributed by atoms with E-state index in [0.29, 0.717) is 29.0 Å². The SMILES string of the molecule is CCOc1ccc(Nc2ncnc(Nc3ccc(Cl)cc3)c2N)cc1. The molecule has 0 aliphatic heterocycles. The number of nitrogen functional groups attached to an aromatic ring is 1. The molecular formula is C18H18ClN5O. The highest BCUT2D eigenvalue weighted by Crippen LogP contribution is 2.29. The van der Waals surface area contributed by atoms with E-state index in [-0.39, 0.29) is 0 Å². The first-order valence-electron chi connectivity index (χ1n) is 7.78. The van der Waals surface area contributed by atoms with E-state index in [0.717, 1.165) is 17.1 Å². The molecule has 4 N–H and O–H groups in total. The van der Waals surface area contributed by atoms with Crippen LogP contribution in [0.15, 0.2) is 54.9 Å². The molecule has 3 rings (SSSR count). The zero-order chi connectivity index (χ0) is 17.6.